The molecule has 0 saturated heterocycles. The van der Waals surface area contributed by atoms with Gasteiger partial charge < -0.3 is 15.1 Å². The van der Waals surface area contributed by atoms with Crippen molar-refractivity contribution in [2.24, 2.45) is 0 Å². The number of hydrogen-bond acceptors (Lipinski definition) is 3. The van der Waals surface area contributed by atoms with Crippen LogP contribution < -0.4 is 0 Å². The Hall–Kier alpha value is -2.37. The van der Waals surface area contributed by atoms with Crippen LogP contribution >= 0.6 is 0 Å². The minimum atomic E-state index is -1.03. The zero-order valence-electron chi connectivity index (χ0n) is 11.2. The average molecular weight is 279 g/mol. The molecule has 0 aliphatic carbocycles. The molecule has 0 bridgehead atoms. The zero-order chi connectivity index (χ0) is 15.1. The van der Waals surface area contributed by atoms with Gasteiger partial charge in [0.1, 0.15) is 0 Å². The molecular weight excluding hydrogens is 262 g/mol. The van der Waals surface area contributed by atoms with Crippen molar-refractivity contribution in [2.45, 2.75) is 19.8 Å². The summed E-state index contributed by atoms with van der Waals surface area (Å²) in [6.07, 6.45) is -0.422. The standard InChI is InChI=1S/C14H17NO5/c1-10-4-2-3-5-11(10)14(20)15(8-6-12(16)17)9-7-13(18)19/h2-5H,6-9H2,1H3,(H,16,17)(H,18,19). The van der Waals surface area contributed by atoms with Gasteiger partial charge in [-0.25, -0.2) is 0 Å². The quantitative estimate of drug-likeness (QED) is 0.786. The molecule has 1 aromatic carbocycles. The average Bonchev–Trinajstić information content (AvgIpc) is 2.38. The normalized spacial score (nSPS) is 10.1. The molecule has 0 unspecified atom stereocenters. The minimum absolute atomic E-state index is 0.00419. The maximum absolute atomic E-state index is 12.3. The summed E-state index contributed by atoms with van der Waals surface area (Å²) in [6.45, 7) is 1.77. The van der Waals surface area contributed by atoms with E-state index in [1.807, 2.05) is 0 Å². The summed E-state index contributed by atoms with van der Waals surface area (Å²) < 4.78 is 0. The molecule has 0 spiro atoms. The lowest BCUT2D eigenvalue weighted by molar-refractivity contribution is -0.137. The van der Waals surface area contributed by atoms with Gasteiger partial charge in [-0.15, -0.1) is 0 Å². The van der Waals surface area contributed by atoms with Crippen molar-refractivity contribution in [3.63, 3.8) is 0 Å². The molecule has 0 radical (unpaired) electrons. The van der Waals surface area contributed by atoms with Crippen molar-refractivity contribution in [1.82, 2.24) is 4.90 Å². The fourth-order valence-electron chi connectivity index (χ4n) is 1.76. The monoisotopic (exact) mass is 279 g/mol. The van der Waals surface area contributed by atoms with Gasteiger partial charge in [-0.05, 0) is 18.6 Å². The van der Waals surface area contributed by atoms with E-state index in [4.69, 9.17) is 10.2 Å². The summed E-state index contributed by atoms with van der Waals surface area (Å²) in [6, 6.07) is 6.93. The van der Waals surface area contributed by atoms with Crippen molar-refractivity contribution >= 4 is 17.8 Å². The van der Waals surface area contributed by atoms with E-state index >= 15 is 0 Å². The predicted molar refractivity (Wildman–Crippen MR) is 71.6 cm³/mol. The van der Waals surface area contributed by atoms with Crippen molar-refractivity contribution in [2.75, 3.05) is 13.1 Å². The number of aliphatic carboxylic acids is 2. The van der Waals surface area contributed by atoms with Crippen LogP contribution in [0.4, 0.5) is 0 Å². The first-order valence-electron chi connectivity index (χ1n) is 6.20. The second-order valence-electron chi connectivity index (χ2n) is 4.39. The van der Waals surface area contributed by atoms with Gasteiger partial charge in [0.2, 0.25) is 0 Å². The van der Waals surface area contributed by atoms with E-state index in [-0.39, 0.29) is 31.8 Å². The Morgan fingerprint density at radius 3 is 1.95 bits per heavy atom. The molecule has 2 N–H and O–H groups in total. The summed E-state index contributed by atoms with van der Waals surface area (Å²) in [5.41, 5.74) is 1.23. The Morgan fingerprint density at radius 2 is 1.50 bits per heavy atom. The van der Waals surface area contributed by atoms with E-state index in [0.29, 0.717) is 5.56 Å². The van der Waals surface area contributed by atoms with Crippen LogP contribution in [0, 0.1) is 6.92 Å². The zero-order valence-corrected chi connectivity index (χ0v) is 11.2. The Bertz CT molecular complexity index is 494. The number of carbonyl (C=O) groups excluding carboxylic acids is 1. The van der Waals surface area contributed by atoms with Crippen LogP contribution in [-0.2, 0) is 9.59 Å². The van der Waals surface area contributed by atoms with Crippen LogP contribution in [0.2, 0.25) is 0 Å². The first kappa shape index (κ1) is 15.7. The molecule has 0 aliphatic heterocycles. The van der Waals surface area contributed by atoms with Gasteiger partial charge in [0.05, 0.1) is 12.8 Å². The third-order valence-electron chi connectivity index (χ3n) is 2.85. The number of carboxylic acids is 2. The van der Waals surface area contributed by atoms with Crippen LogP contribution in [0.25, 0.3) is 0 Å². The van der Waals surface area contributed by atoms with E-state index < -0.39 is 11.9 Å². The highest BCUT2D eigenvalue weighted by atomic mass is 16.4. The molecule has 108 valence electrons. The number of benzene rings is 1. The SMILES string of the molecule is Cc1ccccc1C(=O)N(CCC(=O)O)CCC(=O)O. The Labute approximate surface area is 116 Å². The number of nitrogens with zero attached hydrogens (tertiary/aromatic N) is 1. The molecule has 0 aliphatic rings. The maximum atomic E-state index is 12.3. The van der Waals surface area contributed by atoms with Crippen molar-refractivity contribution in [3.05, 3.63) is 35.4 Å². The third-order valence-corrected chi connectivity index (χ3v) is 2.85. The van der Waals surface area contributed by atoms with Crippen molar-refractivity contribution < 1.29 is 24.6 Å². The fraction of sp³-hybridized carbons (Fsp3) is 0.357. The largest absolute Gasteiger partial charge is 0.481 e. The van der Waals surface area contributed by atoms with Crippen LogP contribution in [0.1, 0.15) is 28.8 Å². The molecule has 6 nitrogen and oxygen atoms in total. The lowest BCUT2D eigenvalue weighted by atomic mass is 10.1. The molecule has 6 heteroatoms. The molecular formula is C14H17NO5. The molecule has 20 heavy (non-hydrogen) atoms. The highest BCUT2D eigenvalue weighted by molar-refractivity contribution is 5.96. The number of aryl methyl sites for hydroxylation is 1. The number of amides is 1. The molecule has 0 aromatic heterocycles. The van der Waals surface area contributed by atoms with Gasteiger partial charge >= 0.3 is 11.9 Å². The highest BCUT2D eigenvalue weighted by Crippen LogP contribution is 2.11. The minimum Gasteiger partial charge on any atom is -0.481 e. The van der Waals surface area contributed by atoms with E-state index in [0.717, 1.165) is 5.56 Å². The number of carbonyl (C=O) groups is 3. The molecule has 1 aromatic rings. The van der Waals surface area contributed by atoms with Crippen molar-refractivity contribution in [1.29, 1.82) is 0 Å². The highest BCUT2D eigenvalue weighted by Gasteiger charge is 2.18. The number of rotatable bonds is 7. The lowest BCUT2D eigenvalue weighted by Crippen LogP contribution is -2.35. The second-order valence-corrected chi connectivity index (χ2v) is 4.39. The smallest absolute Gasteiger partial charge is 0.305 e. The summed E-state index contributed by atoms with van der Waals surface area (Å²) >= 11 is 0. The molecule has 1 amide bonds. The Morgan fingerprint density at radius 1 is 1.00 bits per heavy atom. The van der Waals surface area contributed by atoms with E-state index in [1.54, 1.807) is 31.2 Å². The van der Waals surface area contributed by atoms with Crippen LogP contribution in [-0.4, -0.2) is 46.0 Å². The topological polar surface area (TPSA) is 94.9 Å². The van der Waals surface area contributed by atoms with E-state index in [9.17, 15) is 14.4 Å². The summed E-state index contributed by atoms with van der Waals surface area (Å²) in [5, 5.41) is 17.4. The first-order valence-corrected chi connectivity index (χ1v) is 6.20. The van der Waals surface area contributed by atoms with Gasteiger partial charge in [0, 0.05) is 18.7 Å². The lowest BCUT2D eigenvalue weighted by Gasteiger charge is -2.22. The third kappa shape index (κ3) is 4.72. The molecule has 0 saturated carbocycles. The van der Waals surface area contributed by atoms with Gasteiger partial charge in [0.15, 0.2) is 0 Å². The molecule has 1 rings (SSSR count). The summed E-state index contributed by atoms with van der Waals surface area (Å²) in [7, 11) is 0. The van der Waals surface area contributed by atoms with E-state index in [1.165, 1.54) is 4.90 Å². The Balaban J connectivity index is 2.85. The summed E-state index contributed by atoms with van der Waals surface area (Å²) in [5.74, 6) is -2.39. The first-order chi connectivity index (χ1) is 9.41. The van der Waals surface area contributed by atoms with Gasteiger partial charge in [-0.2, -0.15) is 0 Å². The van der Waals surface area contributed by atoms with Crippen LogP contribution in [0.5, 0.6) is 0 Å². The van der Waals surface area contributed by atoms with Gasteiger partial charge in [-0.3, -0.25) is 14.4 Å². The molecule has 0 heterocycles. The predicted octanol–water partition coefficient (Wildman–Crippen LogP) is 1.39. The van der Waals surface area contributed by atoms with Crippen LogP contribution in [0.15, 0.2) is 24.3 Å². The molecule has 0 atom stereocenters. The molecule has 0 fully saturated rings. The number of carboxylic acid groups (broad SMARTS) is 2. The van der Waals surface area contributed by atoms with Crippen molar-refractivity contribution in [3.8, 4) is 0 Å². The maximum Gasteiger partial charge on any atom is 0.305 e. The second kappa shape index (κ2) is 7.28. The summed E-state index contributed by atoms with van der Waals surface area (Å²) in [4.78, 5) is 34.8. The van der Waals surface area contributed by atoms with Crippen LogP contribution in [0.3, 0.4) is 0 Å². The fourth-order valence-corrected chi connectivity index (χ4v) is 1.76. The Kier molecular flexibility index (Phi) is 5.71. The van der Waals surface area contributed by atoms with E-state index in [2.05, 4.69) is 0 Å². The number of hydrogen-bond donors (Lipinski definition) is 2. The van der Waals surface area contributed by atoms with Gasteiger partial charge in [-0.1, -0.05) is 18.2 Å². The van der Waals surface area contributed by atoms with Gasteiger partial charge in [0.25, 0.3) is 5.91 Å².